The highest BCUT2D eigenvalue weighted by Crippen LogP contribution is 2.29. The third kappa shape index (κ3) is 2.91. The molecule has 0 saturated carbocycles. The second-order valence-electron chi connectivity index (χ2n) is 4.58. The van der Waals surface area contributed by atoms with Gasteiger partial charge >= 0.3 is 0 Å². The summed E-state index contributed by atoms with van der Waals surface area (Å²) < 4.78 is 39.7. The summed E-state index contributed by atoms with van der Waals surface area (Å²) in [6, 6.07) is 3.95. The largest absolute Gasteiger partial charge is 0.396 e. The molecule has 19 heavy (non-hydrogen) atoms. The van der Waals surface area contributed by atoms with E-state index in [2.05, 4.69) is 0 Å². The molecular weight excluding hydrogens is 293 g/mol. The van der Waals surface area contributed by atoms with Crippen LogP contribution in [-0.4, -0.2) is 37.5 Å². The quantitative estimate of drug-likeness (QED) is 0.924. The van der Waals surface area contributed by atoms with E-state index in [0.29, 0.717) is 25.9 Å². The minimum absolute atomic E-state index is 0.0318. The summed E-state index contributed by atoms with van der Waals surface area (Å²) in [5.41, 5.74) is 0. The summed E-state index contributed by atoms with van der Waals surface area (Å²) in [5.74, 6) is -0.781. The molecule has 0 bridgehead atoms. The highest BCUT2D eigenvalue weighted by atomic mass is 35.5. The van der Waals surface area contributed by atoms with E-state index in [-0.39, 0.29) is 22.4 Å². The number of nitrogens with zero attached hydrogens (tertiary/aromatic N) is 1. The lowest BCUT2D eigenvalue weighted by molar-refractivity contribution is 0.259. The summed E-state index contributed by atoms with van der Waals surface area (Å²) in [6.45, 7) is 0.692. The van der Waals surface area contributed by atoms with Gasteiger partial charge in [-0.25, -0.2) is 12.8 Å². The summed E-state index contributed by atoms with van der Waals surface area (Å²) in [6.07, 6.45) is 1.24. The van der Waals surface area contributed by atoms with Gasteiger partial charge in [0, 0.05) is 19.7 Å². The van der Waals surface area contributed by atoms with Crippen LogP contribution in [0.25, 0.3) is 0 Å². The maximum absolute atomic E-state index is 13.8. The fourth-order valence-electron chi connectivity index (χ4n) is 2.26. The summed E-state index contributed by atoms with van der Waals surface area (Å²) in [4.78, 5) is -0.385. The molecule has 1 atom stereocenters. The molecule has 1 N–H and O–H groups in total. The lowest BCUT2D eigenvalue weighted by Crippen LogP contribution is -2.29. The van der Waals surface area contributed by atoms with E-state index in [1.165, 1.54) is 22.5 Å². The maximum Gasteiger partial charge on any atom is 0.246 e. The van der Waals surface area contributed by atoms with Crippen LogP contribution in [0.5, 0.6) is 0 Å². The molecular formula is C12H15ClFNO3S. The zero-order valence-corrected chi connectivity index (χ0v) is 11.8. The highest BCUT2D eigenvalue weighted by Gasteiger charge is 2.34. The van der Waals surface area contributed by atoms with Crippen LogP contribution in [0, 0.1) is 11.7 Å². The second kappa shape index (κ2) is 5.75. The molecule has 0 aliphatic carbocycles. The molecule has 1 aliphatic rings. The Kier molecular flexibility index (Phi) is 4.45. The van der Waals surface area contributed by atoms with E-state index in [1.807, 2.05) is 0 Å². The molecule has 106 valence electrons. The lowest BCUT2D eigenvalue weighted by atomic mass is 10.1. The van der Waals surface area contributed by atoms with Crippen molar-refractivity contribution < 1.29 is 17.9 Å². The Bertz CT molecular complexity index is 564. The Hall–Kier alpha value is -0.690. The van der Waals surface area contributed by atoms with Crippen molar-refractivity contribution in [3.05, 3.63) is 29.0 Å². The molecule has 7 heteroatoms. The molecule has 0 amide bonds. The molecule has 2 rings (SSSR count). The number of rotatable bonds is 4. The number of halogens is 2. The van der Waals surface area contributed by atoms with Crippen molar-refractivity contribution >= 4 is 21.6 Å². The van der Waals surface area contributed by atoms with Crippen LogP contribution in [0.15, 0.2) is 23.1 Å². The van der Waals surface area contributed by atoms with E-state index >= 15 is 0 Å². The molecule has 1 aromatic carbocycles. The van der Waals surface area contributed by atoms with Gasteiger partial charge in [0.25, 0.3) is 0 Å². The maximum atomic E-state index is 13.8. The van der Waals surface area contributed by atoms with Crippen LogP contribution in [0.2, 0.25) is 5.02 Å². The molecule has 0 radical (unpaired) electrons. The molecule has 0 spiro atoms. The van der Waals surface area contributed by atoms with Gasteiger partial charge in [0.1, 0.15) is 4.90 Å². The minimum Gasteiger partial charge on any atom is -0.396 e. The van der Waals surface area contributed by atoms with Gasteiger partial charge in [-0.1, -0.05) is 17.7 Å². The lowest BCUT2D eigenvalue weighted by Gasteiger charge is -2.17. The first-order chi connectivity index (χ1) is 8.96. The summed E-state index contributed by atoms with van der Waals surface area (Å²) in [7, 11) is -3.85. The SMILES string of the molecule is O=S(=O)(c1cccc(Cl)c1F)N1CCC(CCO)C1. The molecule has 1 saturated heterocycles. The first-order valence-corrected chi connectivity index (χ1v) is 7.83. The minimum atomic E-state index is -3.85. The molecule has 4 nitrogen and oxygen atoms in total. The Morgan fingerprint density at radius 2 is 2.21 bits per heavy atom. The smallest absolute Gasteiger partial charge is 0.246 e. The van der Waals surface area contributed by atoms with Crippen molar-refractivity contribution in [2.24, 2.45) is 5.92 Å². The van der Waals surface area contributed by atoms with Crippen LogP contribution in [-0.2, 0) is 10.0 Å². The molecule has 0 aromatic heterocycles. The normalized spacial score (nSPS) is 20.9. The van der Waals surface area contributed by atoms with E-state index in [9.17, 15) is 12.8 Å². The fourth-order valence-corrected chi connectivity index (χ4v) is 4.10. The first kappa shape index (κ1) is 14.7. The number of aliphatic hydroxyl groups excluding tert-OH is 1. The zero-order chi connectivity index (χ0) is 14.0. The zero-order valence-electron chi connectivity index (χ0n) is 10.2. The first-order valence-electron chi connectivity index (χ1n) is 6.02. The number of sulfonamides is 1. The van der Waals surface area contributed by atoms with Crippen molar-refractivity contribution in [3.8, 4) is 0 Å². The van der Waals surface area contributed by atoms with Gasteiger partial charge in [0.2, 0.25) is 10.0 Å². The van der Waals surface area contributed by atoms with Crippen molar-refractivity contribution in [2.75, 3.05) is 19.7 Å². The topological polar surface area (TPSA) is 57.6 Å². The Morgan fingerprint density at radius 3 is 2.89 bits per heavy atom. The van der Waals surface area contributed by atoms with Gasteiger partial charge in [0.05, 0.1) is 5.02 Å². The van der Waals surface area contributed by atoms with E-state index < -0.39 is 15.8 Å². The van der Waals surface area contributed by atoms with Gasteiger partial charge in [-0.15, -0.1) is 0 Å². The molecule has 1 aromatic rings. The van der Waals surface area contributed by atoms with Crippen LogP contribution in [0.1, 0.15) is 12.8 Å². The third-order valence-electron chi connectivity index (χ3n) is 3.32. The predicted octanol–water partition coefficient (Wildman–Crippen LogP) is 1.87. The average molecular weight is 308 g/mol. The Labute approximate surface area is 116 Å². The Morgan fingerprint density at radius 1 is 1.47 bits per heavy atom. The third-order valence-corrected chi connectivity index (χ3v) is 5.49. The molecule has 1 heterocycles. The van der Waals surface area contributed by atoms with E-state index in [1.54, 1.807) is 0 Å². The average Bonchev–Trinajstić information content (AvgIpc) is 2.82. The highest BCUT2D eigenvalue weighted by molar-refractivity contribution is 7.89. The van der Waals surface area contributed by atoms with Gasteiger partial charge in [-0.2, -0.15) is 4.31 Å². The van der Waals surface area contributed by atoms with Crippen molar-refractivity contribution in [2.45, 2.75) is 17.7 Å². The van der Waals surface area contributed by atoms with Crippen LogP contribution < -0.4 is 0 Å². The van der Waals surface area contributed by atoms with Crippen molar-refractivity contribution in [1.82, 2.24) is 4.31 Å². The molecule has 1 fully saturated rings. The number of benzene rings is 1. The molecule has 1 aliphatic heterocycles. The Balaban J connectivity index is 2.26. The number of aliphatic hydroxyl groups is 1. The number of hydrogen-bond acceptors (Lipinski definition) is 3. The van der Waals surface area contributed by atoms with Crippen LogP contribution >= 0.6 is 11.6 Å². The van der Waals surface area contributed by atoms with Gasteiger partial charge in [-0.05, 0) is 30.9 Å². The monoisotopic (exact) mass is 307 g/mol. The predicted molar refractivity (Wildman–Crippen MR) is 70.0 cm³/mol. The van der Waals surface area contributed by atoms with Crippen LogP contribution in [0.3, 0.4) is 0 Å². The van der Waals surface area contributed by atoms with Gasteiger partial charge in [-0.3, -0.25) is 0 Å². The van der Waals surface area contributed by atoms with Crippen LogP contribution in [0.4, 0.5) is 4.39 Å². The van der Waals surface area contributed by atoms with Crippen molar-refractivity contribution in [1.29, 1.82) is 0 Å². The standard InChI is InChI=1S/C12H15ClFNO3S/c13-10-2-1-3-11(12(10)14)19(17,18)15-6-4-9(8-15)5-7-16/h1-3,9,16H,4-8H2. The van der Waals surface area contributed by atoms with Gasteiger partial charge < -0.3 is 5.11 Å². The second-order valence-corrected chi connectivity index (χ2v) is 6.90. The molecule has 1 unspecified atom stereocenters. The fraction of sp³-hybridized carbons (Fsp3) is 0.500. The van der Waals surface area contributed by atoms with E-state index in [0.717, 1.165) is 0 Å². The summed E-state index contributed by atoms with van der Waals surface area (Å²) >= 11 is 5.61. The summed E-state index contributed by atoms with van der Waals surface area (Å²) in [5, 5.41) is 8.67. The number of hydrogen-bond donors (Lipinski definition) is 1. The van der Waals surface area contributed by atoms with Crippen molar-refractivity contribution in [3.63, 3.8) is 0 Å². The van der Waals surface area contributed by atoms with E-state index in [4.69, 9.17) is 16.7 Å². The van der Waals surface area contributed by atoms with Gasteiger partial charge in [0.15, 0.2) is 5.82 Å².